The summed E-state index contributed by atoms with van der Waals surface area (Å²) in [5, 5.41) is 8.68. The number of aliphatic carboxylic acids is 1. The van der Waals surface area contributed by atoms with Crippen LogP contribution in [0.25, 0.3) is 0 Å². The third kappa shape index (κ3) is 5.03. The number of carbonyl (C=O) groups is 2. The number of carboxylic acids is 1. The van der Waals surface area contributed by atoms with E-state index in [4.69, 9.17) is 5.11 Å². The molecule has 0 radical (unpaired) electrons. The first kappa shape index (κ1) is 15.7. The lowest BCUT2D eigenvalue weighted by atomic mass is 10.1. The minimum absolute atomic E-state index is 0.146. The number of halogens is 1. The van der Waals surface area contributed by atoms with E-state index in [0.717, 1.165) is 29.4 Å². The van der Waals surface area contributed by atoms with Gasteiger partial charge < -0.3 is 10.0 Å². The predicted molar refractivity (Wildman–Crippen MR) is 78.9 cm³/mol. The highest BCUT2D eigenvalue weighted by molar-refractivity contribution is 9.10. The van der Waals surface area contributed by atoms with E-state index in [2.05, 4.69) is 27.8 Å². The summed E-state index contributed by atoms with van der Waals surface area (Å²) in [5.74, 6) is -0.789. The molecule has 0 atom stereocenters. The highest BCUT2D eigenvalue weighted by Gasteiger charge is 2.11. The second kappa shape index (κ2) is 7.94. The minimum atomic E-state index is -0.789. The maximum atomic E-state index is 11.1. The van der Waals surface area contributed by atoms with Crippen LogP contribution < -0.4 is 4.90 Å². The standard InChI is InChI=1S/C14H18BrNO3/c1-2-7-16(8-3-4-14(18)19)13-6-5-12(15)9-11(13)10-17/h5-6,9-10H,2-4,7-8H2,1H3,(H,18,19). The molecule has 0 aromatic heterocycles. The molecular formula is C14H18BrNO3. The van der Waals surface area contributed by atoms with Crippen LogP contribution >= 0.6 is 15.9 Å². The van der Waals surface area contributed by atoms with Crippen molar-refractivity contribution in [2.75, 3.05) is 18.0 Å². The molecule has 0 heterocycles. The molecule has 1 rings (SSSR count). The molecule has 0 aliphatic rings. The van der Waals surface area contributed by atoms with E-state index in [1.54, 1.807) is 6.07 Å². The summed E-state index contributed by atoms with van der Waals surface area (Å²) in [6.45, 7) is 3.51. The quantitative estimate of drug-likeness (QED) is 0.744. The Kier molecular flexibility index (Phi) is 6.56. The number of aldehydes is 1. The third-order valence-corrected chi connectivity index (χ3v) is 3.26. The van der Waals surface area contributed by atoms with Crippen LogP contribution in [0.4, 0.5) is 5.69 Å². The first-order valence-electron chi connectivity index (χ1n) is 6.30. The fourth-order valence-corrected chi connectivity index (χ4v) is 2.33. The van der Waals surface area contributed by atoms with E-state index in [-0.39, 0.29) is 6.42 Å². The smallest absolute Gasteiger partial charge is 0.303 e. The number of rotatable bonds is 8. The third-order valence-electron chi connectivity index (χ3n) is 2.77. The van der Waals surface area contributed by atoms with Gasteiger partial charge in [0.05, 0.1) is 0 Å². The summed E-state index contributed by atoms with van der Waals surface area (Å²) < 4.78 is 0.861. The average Bonchev–Trinajstić information content (AvgIpc) is 2.37. The first-order valence-corrected chi connectivity index (χ1v) is 7.09. The lowest BCUT2D eigenvalue weighted by Crippen LogP contribution is -2.26. The lowest BCUT2D eigenvalue weighted by Gasteiger charge is -2.25. The van der Waals surface area contributed by atoms with Gasteiger partial charge in [0.15, 0.2) is 6.29 Å². The van der Waals surface area contributed by atoms with Gasteiger partial charge in [-0.15, -0.1) is 0 Å². The second-order valence-electron chi connectivity index (χ2n) is 4.31. The number of anilines is 1. The van der Waals surface area contributed by atoms with Gasteiger partial charge in [-0.25, -0.2) is 0 Å². The molecule has 104 valence electrons. The summed E-state index contributed by atoms with van der Waals surface area (Å²) in [4.78, 5) is 23.8. The molecule has 0 fully saturated rings. The molecule has 1 aromatic carbocycles. The highest BCUT2D eigenvalue weighted by atomic mass is 79.9. The maximum absolute atomic E-state index is 11.1. The maximum Gasteiger partial charge on any atom is 0.303 e. The van der Waals surface area contributed by atoms with Gasteiger partial charge in [0, 0.05) is 35.2 Å². The zero-order valence-electron chi connectivity index (χ0n) is 10.9. The molecule has 0 aliphatic carbocycles. The Hall–Kier alpha value is -1.36. The van der Waals surface area contributed by atoms with E-state index < -0.39 is 5.97 Å². The van der Waals surface area contributed by atoms with Crippen molar-refractivity contribution in [3.63, 3.8) is 0 Å². The zero-order valence-corrected chi connectivity index (χ0v) is 12.5. The average molecular weight is 328 g/mol. The van der Waals surface area contributed by atoms with Crippen molar-refractivity contribution in [1.82, 2.24) is 0 Å². The molecule has 4 nitrogen and oxygen atoms in total. The Bertz CT molecular complexity index is 448. The summed E-state index contributed by atoms with van der Waals surface area (Å²) in [6, 6.07) is 5.56. The fraction of sp³-hybridized carbons (Fsp3) is 0.429. The molecule has 0 amide bonds. The van der Waals surface area contributed by atoms with Crippen molar-refractivity contribution >= 4 is 33.9 Å². The van der Waals surface area contributed by atoms with E-state index in [9.17, 15) is 9.59 Å². The first-order chi connectivity index (χ1) is 9.08. The molecule has 5 heteroatoms. The van der Waals surface area contributed by atoms with Crippen LogP contribution in [0.3, 0.4) is 0 Å². The van der Waals surface area contributed by atoms with E-state index >= 15 is 0 Å². The largest absolute Gasteiger partial charge is 0.481 e. The van der Waals surface area contributed by atoms with Crippen LogP contribution in [0.15, 0.2) is 22.7 Å². The number of hydrogen-bond donors (Lipinski definition) is 1. The molecule has 1 aromatic rings. The van der Waals surface area contributed by atoms with Gasteiger partial charge in [-0.3, -0.25) is 9.59 Å². The number of carboxylic acid groups (broad SMARTS) is 1. The molecule has 19 heavy (non-hydrogen) atoms. The normalized spacial score (nSPS) is 10.2. The van der Waals surface area contributed by atoms with Gasteiger partial charge in [-0.05, 0) is 31.0 Å². The monoisotopic (exact) mass is 327 g/mol. The molecule has 0 bridgehead atoms. The molecule has 0 unspecified atom stereocenters. The topological polar surface area (TPSA) is 57.6 Å². The fourth-order valence-electron chi connectivity index (χ4n) is 1.95. The lowest BCUT2D eigenvalue weighted by molar-refractivity contribution is -0.137. The molecule has 0 spiro atoms. The molecule has 0 saturated carbocycles. The van der Waals surface area contributed by atoms with Crippen molar-refractivity contribution in [2.24, 2.45) is 0 Å². The van der Waals surface area contributed by atoms with Crippen molar-refractivity contribution in [2.45, 2.75) is 26.2 Å². The Morgan fingerprint density at radius 3 is 2.74 bits per heavy atom. The van der Waals surface area contributed by atoms with Gasteiger partial charge in [0.1, 0.15) is 0 Å². The Labute approximate surface area is 121 Å². The SMILES string of the molecule is CCCN(CCCC(=O)O)c1ccc(Br)cc1C=O. The van der Waals surface area contributed by atoms with Crippen LogP contribution in [0, 0.1) is 0 Å². The van der Waals surface area contributed by atoms with Gasteiger partial charge in [-0.2, -0.15) is 0 Å². The molecule has 0 saturated heterocycles. The number of benzene rings is 1. The molecule has 1 N–H and O–H groups in total. The summed E-state index contributed by atoms with van der Waals surface area (Å²) in [6.07, 6.45) is 2.50. The Balaban J connectivity index is 2.85. The number of carbonyl (C=O) groups excluding carboxylic acids is 1. The van der Waals surface area contributed by atoms with Crippen LogP contribution in [0.1, 0.15) is 36.5 Å². The molecule has 0 aliphatic heterocycles. The van der Waals surface area contributed by atoms with Crippen molar-refractivity contribution in [3.05, 3.63) is 28.2 Å². The minimum Gasteiger partial charge on any atom is -0.481 e. The Morgan fingerprint density at radius 2 is 2.16 bits per heavy atom. The molecular weight excluding hydrogens is 310 g/mol. The van der Waals surface area contributed by atoms with Crippen molar-refractivity contribution in [1.29, 1.82) is 0 Å². The van der Waals surface area contributed by atoms with Gasteiger partial charge in [-0.1, -0.05) is 22.9 Å². The van der Waals surface area contributed by atoms with Crippen molar-refractivity contribution in [3.8, 4) is 0 Å². The van der Waals surface area contributed by atoms with Gasteiger partial charge in [0.25, 0.3) is 0 Å². The number of nitrogens with zero attached hydrogens (tertiary/aromatic N) is 1. The van der Waals surface area contributed by atoms with Gasteiger partial charge >= 0.3 is 5.97 Å². The van der Waals surface area contributed by atoms with Gasteiger partial charge in [0.2, 0.25) is 0 Å². The summed E-state index contributed by atoms with van der Waals surface area (Å²) in [5.41, 5.74) is 1.49. The van der Waals surface area contributed by atoms with E-state index in [1.165, 1.54) is 0 Å². The summed E-state index contributed by atoms with van der Waals surface area (Å²) >= 11 is 3.34. The second-order valence-corrected chi connectivity index (χ2v) is 5.22. The van der Waals surface area contributed by atoms with Crippen LogP contribution in [-0.2, 0) is 4.79 Å². The van der Waals surface area contributed by atoms with E-state index in [0.29, 0.717) is 18.5 Å². The number of hydrogen-bond acceptors (Lipinski definition) is 3. The summed E-state index contributed by atoms with van der Waals surface area (Å²) in [7, 11) is 0. The van der Waals surface area contributed by atoms with Crippen LogP contribution in [0.2, 0.25) is 0 Å². The van der Waals surface area contributed by atoms with Crippen molar-refractivity contribution < 1.29 is 14.7 Å². The van der Waals surface area contributed by atoms with Crippen LogP contribution in [0.5, 0.6) is 0 Å². The Morgan fingerprint density at radius 1 is 1.42 bits per heavy atom. The zero-order chi connectivity index (χ0) is 14.3. The van der Waals surface area contributed by atoms with E-state index in [1.807, 2.05) is 12.1 Å². The highest BCUT2D eigenvalue weighted by Crippen LogP contribution is 2.24. The van der Waals surface area contributed by atoms with Crippen LogP contribution in [-0.4, -0.2) is 30.5 Å². The predicted octanol–water partition coefficient (Wildman–Crippen LogP) is 3.34.